The molecular weight excluding hydrogens is 238 g/mol. The van der Waals surface area contributed by atoms with Crippen LogP contribution in [0.3, 0.4) is 0 Å². The first-order valence-electron chi connectivity index (χ1n) is 7.30. The molecule has 5 nitrogen and oxygen atoms in total. The molecule has 2 aromatic rings. The first-order valence-corrected chi connectivity index (χ1v) is 7.30. The predicted molar refractivity (Wildman–Crippen MR) is 71.8 cm³/mol. The lowest BCUT2D eigenvalue weighted by molar-refractivity contribution is 0.589. The first-order chi connectivity index (χ1) is 9.26. The highest BCUT2D eigenvalue weighted by molar-refractivity contribution is 5.74. The lowest BCUT2D eigenvalue weighted by atomic mass is 10.3. The van der Waals surface area contributed by atoms with Gasteiger partial charge in [0.25, 0.3) is 0 Å². The van der Waals surface area contributed by atoms with Gasteiger partial charge in [-0.2, -0.15) is 0 Å². The summed E-state index contributed by atoms with van der Waals surface area (Å²) in [5.41, 5.74) is 3.35. The normalized spacial score (nSPS) is 19.2. The van der Waals surface area contributed by atoms with Crippen molar-refractivity contribution in [2.75, 3.05) is 0 Å². The summed E-state index contributed by atoms with van der Waals surface area (Å²) in [5.74, 6) is 2.44. The fourth-order valence-electron chi connectivity index (χ4n) is 2.66. The second-order valence-corrected chi connectivity index (χ2v) is 5.88. The number of imidazole rings is 1. The van der Waals surface area contributed by atoms with Crippen LogP contribution in [0.4, 0.5) is 0 Å². The number of aryl methyl sites for hydroxylation is 1. The van der Waals surface area contributed by atoms with Gasteiger partial charge in [0.15, 0.2) is 5.65 Å². The molecule has 100 valence electrons. The number of hydrogen-bond acceptors (Lipinski definition) is 3. The van der Waals surface area contributed by atoms with Crippen molar-refractivity contribution < 1.29 is 0 Å². The summed E-state index contributed by atoms with van der Waals surface area (Å²) in [4.78, 5) is 12.7. The SMILES string of the molecule is CCc1nc(=N)n(CC2CC2)c2nc(C3CC3)[nH]c12. The summed E-state index contributed by atoms with van der Waals surface area (Å²) in [5, 5.41) is 8.15. The number of nitrogens with one attached hydrogen (secondary N) is 2. The molecule has 0 bridgehead atoms. The molecule has 2 fully saturated rings. The quantitative estimate of drug-likeness (QED) is 0.880. The van der Waals surface area contributed by atoms with Crippen LogP contribution < -0.4 is 5.62 Å². The van der Waals surface area contributed by atoms with E-state index in [0.29, 0.717) is 11.5 Å². The van der Waals surface area contributed by atoms with Gasteiger partial charge in [-0.3, -0.25) is 9.98 Å². The third-order valence-electron chi connectivity index (χ3n) is 4.18. The fraction of sp³-hybridized carbons (Fsp3) is 0.643. The van der Waals surface area contributed by atoms with Crippen LogP contribution in [0.25, 0.3) is 11.2 Å². The van der Waals surface area contributed by atoms with E-state index in [-0.39, 0.29) is 0 Å². The molecular formula is C14H19N5. The van der Waals surface area contributed by atoms with Gasteiger partial charge in [0.1, 0.15) is 11.3 Å². The molecule has 2 saturated carbocycles. The minimum atomic E-state index is 0.366. The predicted octanol–water partition coefficient (Wildman–Crippen LogP) is 2.09. The van der Waals surface area contributed by atoms with Crippen molar-refractivity contribution in [3.8, 4) is 0 Å². The molecule has 4 rings (SSSR count). The minimum Gasteiger partial charge on any atom is -0.339 e. The molecule has 0 aliphatic heterocycles. The highest BCUT2D eigenvalue weighted by Gasteiger charge is 2.29. The number of nitrogens with zero attached hydrogens (tertiary/aromatic N) is 3. The van der Waals surface area contributed by atoms with Crippen molar-refractivity contribution in [2.24, 2.45) is 5.92 Å². The Morgan fingerprint density at radius 3 is 2.68 bits per heavy atom. The highest BCUT2D eigenvalue weighted by atomic mass is 15.2. The summed E-state index contributed by atoms with van der Waals surface area (Å²) >= 11 is 0. The average molecular weight is 257 g/mol. The molecule has 2 N–H and O–H groups in total. The third-order valence-corrected chi connectivity index (χ3v) is 4.18. The van der Waals surface area contributed by atoms with Gasteiger partial charge >= 0.3 is 0 Å². The van der Waals surface area contributed by atoms with E-state index >= 15 is 0 Å². The van der Waals surface area contributed by atoms with Crippen molar-refractivity contribution >= 4 is 11.2 Å². The van der Waals surface area contributed by atoms with E-state index in [2.05, 4.69) is 16.9 Å². The zero-order valence-electron chi connectivity index (χ0n) is 11.2. The zero-order chi connectivity index (χ0) is 13.0. The number of fused-ring (bicyclic) bond motifs is 1. The van der Waals surface area contributed by atoms with Crippen LogP contribution in [0.2, 0.25) is 0 Å². The van der Waals surface area contributed by atoms with E-state index < -0.39 is 0 Å². The van der Waals surface area contributed by atoms with Crippen molar-refractivity contribution in [1.82, 2.24) is 19.5 Å². The smallest absolute Gasteiger partial charge is 0.223 e. The average Bonchev–Trinajstić information content (AvgIpc) is 3.31. The molecule has 0 radical (unpaired) electrons. The molecule has 2 aromatic heterocycles. The Labute approximate surface area is 111 Å². The molecule has 0 unspecified atom stereocenters. The maximum atomic E-state index is 8.15. The van der Waals surface area contributed by atoms with Gasteiger partial charge < -0.3 is 4.98 Å². The Morgan fingerprint density at radius 2 is 2.05 bits per heavy atom. The monoisotopic (exact) mass is 257 g/mol. The Morgan fingerprint density at radius 1 is 1.26 bits per heavy atom. The molecule has 0 atom stereocenters. The van der Waals surface area contributed by atoms with E-state index in [1.165, 1.54) is 25.7 Å². The largest absolute Gasteiger partial charge is 0.339 e. The lowest BCUT2D eigenvalue weighted by Gasteiger charge is -2.08. The molecule has 0 aromatic carbocycles. The Bertz CT molecular complexity index is 688. The van der Waals surface area contributed by atoms with Gasteiger partial charge in [0, 0.05) is 12.5 Å². The molecule has 19 heavy (non-hydrogen) atoms. The van der Waals surface area contributed by atoms with E-state index in [4.69, 9.17) is 10.4 Å². The first kappa shape index (κ1) is 11.2. The zero-order valence-corrected chi connectivity index (χ0v) is 11.2. The molecule has 0 saturated heterocycles. The van der Waals surface area contributed by atoms with Gasteiger partial charge in [-0.15, -0.1) is 0 Å². The van der Waals surface area contributed by atoms with Crippen LogP contribution in [0.1, 0.15) is 50.0 Å². The Kier molecular flexibility index (Phi) is 2.31. The van der Waals surface area contributed by atoms with Crippen LogP contribution in [-0.2, 0) is 13.0 Å². The fourth-order valence-corrected chi connectivity index (χ4v) is 2.66. The standard InChI is InChI=1S/C14H19N5/c1-2-10-11-13(18-12(17-11)9-5-6-9)19(14(15)16-10)7-8-3-4-8/h8-9,15H,2-7H2,1H3,(H,17,18). The van der Waals surface area contributed by atoms with Crippen molar-refractivity contribution in [1.29, 1.82) is 5.41 Å². The molecule has 0 amide bonds. The van der Waals surface area contributed by atoms with E-state index in [9.17, 15) is 0 Å². The highest BCUT2D eigenvalue weighted by Crippen LogP contribution is 2.39. The van der Waals surface area contributed by atoms with Crippen LogP contribution in [-0.4, -0.2) is 19.5 Å². The summed E-state index contributed by atoms with van der Waals surface area (Å²) in [6.45, 7) is 2.99. The third kappa shape index (κ3) is 1.88. The lowest BCUT2D eigenvalue weighted by Crippen LogP contribution is -2.26. The number of aromatic nitrogens is 4. The van der Waals surface area contributed by atoms with E-state index in [0.717, 1.165) is 41.6 Å². The van der Waals surface area contributed by atoms with Crippen molar-refractivity contribution in [3.63, 3.8) is 0 Å². The Balaban J connectivity index is 1.92. The maximum absolute atomic E-state index is 8.15. The van der Waals surface area contributed by atoms with Crippen molar-refractivity contribution in [2.45, 2.75) is 51.5 Å². The molecule has 2 aliphatic rings. The van der Waals surface area contributed by atoms with Crippen molar-refractivity contribution in [3.05, 3.63) is 17.1 Å². The molecule has 5 heteroatoms. The molecule has 2 heterocycles. The van der Waals surface area contributed by atoms with Crippen LogP contribution in [0, 0.1) is 11.3 Å². The minimum absolute atomic E-state index is 0.366. The summed E-state index contributed by atoms with van der Waals surface area (Å²) in [7, 11) is 0. The summed E-state index contributed by atoms with van der Waals surface area (Å²) in [6, 6.07) is 0. The van der Waals surface area contributed by atoms with Crippen LogP contribution >= 0.6 is 0 Å². The van der Waals surface area contributed by atoms with Gasteiger partial charge in [-0.05, 0) is 38.0 Å². The number of H-pyrrole nitrogens is 1. The molecule has 0 spiro atoms. The van der Waals surface area contributed by atoms with E-state index in [1.807, 2.05) is 4.57 Å². The molecule has 2 aliphatic carbocycles. The second kappa shape index (κ2) is 3.92. The van der Waals surface area contributed by atoms with Crippen LogP contribution in [0.5, 0.6) is 0 Å². The maximum Gasteiger partial charge on any atom is 0.223 e. The summed E-state index contributed by atoms with van der Waals surface area (Å²) in [6.07, 6.45) is 5.89. The number of hydrogen-bond donors (Lipinski definition) is 2. The van der Waals surface area contributed by atoms with Crippen LogP contribution in [0.15, 0.2) is 0 Å². The second-order valence-electron chi connectivity index (χ2n) is 5.88. The Hall–Kier alpha value is -1.65. The number of rotatable bonds is 4. The van der Waals surface area contributed by atoms with Gasteiger partial charge in [0.05, 0.1) is 5.69 Å². The summed E-state index contributed by atoms with van der Waals surface area (Å²) < 4.78 is 1.99. The topological polar surface area (TPSA) is 70.3 Å². The van der Waals surface area contributed by atoms with Gasteiger partial charge in [-0.25, -0.2) is 9.97 Å². The van der Waals surface area contributed by atoms with E-state index in [1.54, 1.807) is 0 Å². The number of aromatic amines is 1. The van der Waals surface area contributed by atoms with Gasteiger partial charge in [0.2, 0.25) is 5.62 Å². The van der Waals surface area contributed by atoms with Gasteiger partial charge in [-0.1, -0.05) is 6.92 Å².